The second-order valence-corrected chi connectivity index (χ2v) is 6.05. The monoisotopic (exact) mass is 341 g/mol. The highest BCUT2D eigenvalue weighted by Gasteiger charge is 2.18. The van der Waals surface area contributed by atoms with Gasteiger partial charge in [0.2, 0.25) is 0 Å². The van der Waals surface area contributed by atoms with Crippen LogP contribution in [0.15, 0.2) is 53.9 Å². The molecule has 2 N–H and O–H groups in total. The fourth-order valence-corrected chi connectivity index (χ4v) is 3.09. The number of benzene rings is 1. The number of allylic oxidation sites excluding steroid dienone is 2. The highest BCUT2D eigenvalue weighted by atomic mass is 19.1. The third-order valence-electron chi connectivity index (χ3n) is 4.33. The third kappa shape index (κ3) is 4.14. The zero-order valence-corrected chi connectivity index (χ0v) is 14.7. The van der Waals surface area contributed by atoms with Crippen LogP contribution in [0, 0.1) is 0 Å². The number of hydrogen-bond donors (Lipinski definition) is 2. The van der Waals surface area contributed by atoms with Crippen molar-refractivity contribution in [3.8, 4) is 0 Å². The summed E-state index contributed by atoms with van der Waals surface area (Å²) in [4.78, 5) is 10.8. The molecule has 0 unspecified atom stereocenters. The van der Waals surface area contributed by atoms with Crippen molar-refractivity contribution < 1.29 is 4.39 Å². The molecule has 0 radical (unpaired) electrons. The van der Waals surface area contributed by atoms with Gasteiger partial charge in [0.1, 0.15) is 5.83 Å². The standard InChI is InChI=1S/C19H24FN5/c1-3-18(25-10-8-21-9-11-25)19(14(2)20)24-13-15-4-5-16-17(12-15)23-7-6-22-16/h3-7,12,21,24H,8-11,13H2,1-2H3/b18-3+,19-14-. The number of rotatable bonds is 5. The summed E-state index contributed by atoms with van der Waals surface area (Å²) >= 11 is 0. The van der Waals surface area contributed by atoms with Crippen LogP contribution in [0.4, 0.5) is 4.39 Å². The molecule has 5 nitrogen and oxygen atoms in total. The average molecular weight is 341 g/mol. The van der Waals surface area contributed by atoms with Crippen LogP contribution in [0.3, 0.4) is 0 Å². The molecule has 0 atom stereocenters. The summed E-state index contributed by atoms with van der Waals surface area (Å²) in [5.41, 5.74) is 4.23. The number of fused-ring (bicyclic) bond motifs is 1. The lowest BCUT2D eigenvalue weighted by Gasteiger charge is -2.33. The van der Waals surface area contributed by atoms with E-state index in [1.165, 1.54) is 6.92 Å². The Hall–Kier alpha value is -2.47. The third-order valence-corrected chi connectivity index (χ3v) is 4.33. The van der Waals surface area contributed by atoms with Crippen LogP contribution < -0.4 is 10.6 Å². The van der Waals surface area contributed by atoms with Crippen LogP contribution >= 0.6 is 0 Å². The fourth-order valence-electron chi connectivity index (χ4n) is 3.09. The van der Waals surface area contributed by atoms with Crippen LogP contribution in [-0.2, 0) is 6.54 Å². The summed E-state index contributed by atoms with van der Waals surface area (Å²) in [5.74, 6) is -0.202. The summed E-state index contributed by atoms with van der Waals surface area (Å²) in [7, 11) is 0. The lowest BCUT2D eigenvalue weighted by molar-refractivity contribution is 0.298. The summed E-state index contributed by atoms with van der Waals surface area (Å²) in [6, 6.07) is 5.92. The molecule has 2 heterocycles. The van der Waals surface area contributed by atoms with Gasteiger partial charge in [0, 0.05) is 45.1 Å². The topological polar surface area (TPSA) is 53.1 Å². The fraction of sp³-hybridized carbons (Fsp3) is 0.368. The minimum absolute atomic E-state index is 0.202. The zero-order chi connectivity index (χ0) is 17.6. The quantitative estimate of drug-likeness (QED) is 0.819. The molecule has 1 saturated heterocycles. The van der Waals surface area contributed by atoms with Crippen LogP contribution in [0.2, 0.25) is 0 Å². The van der Waals surface area contributed by atoms with E-state index in [-0.39, 0.29) is 5.83 Å². The Kier molecular flexibility index (Phi) is 5.60. The van der Waals surface area contributed by atoms with Gasteiger partial charge in [-0.1, -0.05) is 12.1 Å². The highest BCUT2D eigenvalue weighted by Crippen LogP contribution is 2.19. The molecular weight excluding hydrogens is 317 g/mol. The number of piperazine rings is 1. The van der Waals surface area contributed by atoms with Crippen molar-refractivity contribution in [3.63, 3.8) is 0 Å². The van der Waals surface area contributed by atoms with Crippen molar-refractivity contribution in [2.24, 2.45) is 0 Å². The molecule has 6 heteroatoms. The predicted octanol–water partition coefficient (Wildman–Crippen LogP) is 2.73. The normalized spacial score (nSPS) is 16.8. The summed E-state index contributed by atoms with van der Waals surface area (Å²) < 4.78 is 14.2. The van der Waals surface area contributed by atoms with Gasteiger partial charge >= 0.3 is 0 Å². The van der Waals surface area contributed by atoms with Crippen molar-refractivity contribution in [1.29, 1.82) is 0 Å². The minimum Gasteiger partial charge on any atom is -0.377 e. The maximum atomic E-state index is 14.2. The maximum Gasteiger partial charge on any atom is 0.122 e. The maximum absolute atomic E-state index is 14.2. The van der Waals surface area contributed by atoms with Crippen molar-refractivity contribution in [2.45, 2.75) is 20.4 Å². The Morgan fingerprint density at radius 1 is 1.24 bits per heavy atom. The van der Waals surface area contributed by atoms with E-state index >= 15 is 0 Å². The first-order valence-electron chi connectivity index (χ1n) is 8.61. The van der Waals surface area contributed by atoms with Crippen molar-refractivity contribution >= 4 is 11.0 Å². The van der Waals surface area contributed by atoms with Gasteiger partial charge in [0.05, 0.1) is 22.4 Å². The summed E-state index contributed by atoms with van der Waals surface area (Å²) in [5, 5.41) is 6.60. The number of nitrogens with zero attached hydrogens (tertiary/aromatic N) is 3. The Bertz CT molecular complexity index is 789. The first-order valence-corrected chi connectivity index (χ1v) is 8.61. The van der Waals surface area contributed by atoms with E-state index in [9.17, 15) is 4.39 Å². The molecule has 0 spiro atoms. The van der Waals surface area contributed by atoms with Gasteiger partial charge in [-0.15, -0.1) is 0 Å². The van der Waals surface area contributed by atoms with E-state index < -0.39 is 0 Å². The van der Waals surface area contributed by atoms with Gasteiger partial charge in [-0.3, -0.25) is 9.97 Å². The van der Waals surface area contributed by atoms with Crippen molar-refractivity contribution in [2.75, 3.05) is 26.2 Å². The molecule has 2 aromatic rings. The molecule has 1 fully saturated rings. The second kappa shape index (κ2) is 8.07. The molecule has 132 valence electrons. The second-order valence-electron chi connectivity index (χ2n) is 6.05. The van der Waals surface area contributed by atoms with E-state index in [1.807, 2.05) is 31.2 Å². The summed E-state index contributed by atoms with van der Waals surface area (Å²) in [6.07, 6.45) is 5.33. The average Bonchev–Trinajstić information content (AvgIpc) is 2.65. The van der Waals surface area contributed by atoms with Crippen LogP contribution in [0.1, 0.15) is 19.4 Å². The van der Waals surface area contributed by atoms with E-state index in [2.05, 4.69) is 25.5 Å². The first-order chi connectivity index (χ1) is 12.2. The molecule has 1 aromatic heterocycles. The van der Waals surface area contributed by atoms with Crippen LogP contribution in [0.25, 0.3) is 11.0 Å². The van der Waals surface area contributed by atoms with Gasteiger partial charge in [-0.05, 0) is 31.5 Å². The smallest absolute Gasteiger partial charge is 0.122 e. The van der Waals surface area contributed by atoms with Crippen molar-refractivity contribution in [1.82, 2.24) is 25.5 Å². The Morgan fingerprint density at radius 3 is 2.64 bits per heavy atom. The molecular formula is C19H24FN5. The van der Waals surface area contributed by atoms with Gasteiger partial charge in [0.25, 0.3) is 0 Å². The molecule has 0 bridgehead atoms. The lowest BCUT2D eigenvalue weighted by Crippen LogP contribution is -2.44. The number of hydrogen-bond acceptors (Lipinski definition) is 5. The highest BCUT2D eigenvalue weighted by molar-refractivity contribution is 5.74. The van der Waals surface area contributed by atoms with Crippen LogP contribution in [0.5, 0.6) is 0 Å². The Labute approximate surface area is 147 Å². The SMILES string of the molecule is C/C=C(\C(NCc1ccc2nccnc2c1)=C(/C)F)N1CCNCC1. The molecule has 1 aliphatic heterocycles. The molecule has 25 heavy (non-hydrogen) atoms. The predicted molar refractivity (Wildman–Crippen MR) is 98.4 cm³/mol. The van der Waals surface area contributed by atoms with Crippen LogP contribution in [-0.4, -0.2) is 41.0 Å². The van der Waals surface area contributed by atoms with Gasteiger partial charge in [-0.2, -0.15) is 0 Å². The van der Waals surface area contributed by atoms with Gasteiger partial charge in [-0.25, -0.2) is 4.39 Å². The molecule has 0 saturated carbocycles. The van der Waals surface area contributed by atoms with Gasteiger partial charge < -0.3 is 15.5 Å². The first kappa shape index (κ1) is 17.4. The van der Waals surface area contributed by atoms with Crippen molar-refractivity contribution in [3.05, 3.63) is 59.5 Å². The molecule has 1 aliphatic rings. The van der Waals surface area contributed by atoms with E-state index in [0.717, 1.165) is 48.5 Å². The van der Waals surface area contributed by atoms with E-state index in [4.69, 9.17) is 0 Å². The molecule has 0 amide bonds. The molecule has 3 rings (SSSR count). The zero-order valence-electron chi connectivity index (χ0n) is 14.7. The number of halogens is 1. The minimum atomic E-state index is -0.202. The number of nitrogens with one attached hydrogen (secondary N) is 2. The summed E-state index contributed by atoms with van der Waals surface area (Å²) in [6.45, 7) is 7.58. The Balaban J connectivity index is 1.76. The molecule has 0 aliphatic carbocycles. The number of aromatic nitrogens is 2. The largest absolute Gasteiger partial charge is 0.377 e. The van der Waals surface area contributed by atoms with Gasteiger partial charge in [0.15, 0.2) is 0 Å². The lowest BCUT2D eigenvalue weighted by atomic mass is 10.1. The van der Waals surface area contributed by atoms with E-state index in [0.29, 0.717) is 12.2 Å². The molecule has 1 aromatic carbocycles. The van der Waals surface area contributed by atoms with E-state index in [1.54, 1.807) is 12.4 Å². The Morgan fingerprint density at radius 2 is 1.96 bits per heavy atom.